The van der Waals surface area contributed by atoms with Gasteiger partial charge in [0.1, 0.15) is 5.75 Å². The van der Waals surface area contributed by atoms with E-state index in [0.29, 0.717) is 0 Å². The fraction of sp³-hybridized carbons (Fsp3) is 0.167. The average Bonchev–Trinajstić information content (AvgIpc) is 3.07. The standard InChI is InChI=1S/C24H24N2O.ClH/c1-27-22-11-7-10-20(14-22)15-25-16-21-18-26(17-19-8-3-2-4-9-19)24-13-6-5-12-23(21)24;/h2-14,18,25H,15-17H2,1H3;1H. The van der Waals surface area contributed by atoms with Gasteiger partial charge in [0.15, 0.2) is 0 Å². The molecule has 0 amide bonds. The number of para-hydroxylation sites is 1. The molecule has 0 saturated heterocycles. The highest BCUT2D eigenvalue weighted by molar-refractivity contribution is 5.85. The van der Waals surface area contributed by atoms with Crippen LogP contribution in [0.25, 0.3) is 10.9 Å². The highest BCUT2D eigenvalue weighted by Crippen LogP contribution is 2.22. The molecule has 4 rings (SSSR count). The summed E-state index contributed by atoms with van der Waals surface area (Å²) in [5, 5.41) is 4.88. The zero-order valence-corrected chi connectivity index (χ0v) is 16.8. The van der Waals surface area contributed by atoms with Crippen LogP contribution in [0.15, 0.2) is 85.1 Å². The lowest BCUT2D eigenvalue weighted by Gasteiger charge is -2.06. The largest absolute Gasteiger partial charge is 0.497 e. The van der Waals surface area contributed by atoms with Gasteiger partial charge in [0.2, 0.25) is 0 Å². The van der Waals surface area contributed by atoms with Gasteiger partial charge in [-0.05, 0) is 34.9 Å². The minimum Gasteiger partial charge on any atom is -0.497 e. The van der Waals surface area contributed by atoms with Crippen LogP contribution in [0.4, 0.5) is 0 Å². The first-order chi connectivity index (χ1) is 13.3. The van der Waals surface area contributed by atoms with Crippen molar-refractivity contribution in [3.8, 4) is 5.75 Å². The van der Waals surface area contributed by atoms with E-state index >= 15 is 0 Å². The van der Waals surface area contributed by atoms with Gasteiger partial charge in [-0.1, -0.05) is 60.7 Å². The summed E-state index contributed by atoms with van der Waals surface area (Å²) in [6.07, 6.45) is 2.27. The number of methoxy groups -OCH3 is 1. The predicted octanol–water partition coefficient (Wildman–Crippen LogP) is 5.41. The third kappa shape index (κ3) is 4.56. The van der Waals surface area contributed by atoms with Crippen LogP contribution >= 0.6 is 12.4 Å². The summed E-state index contributed by atoms with van der Waals surface area (Å²) in [7, 11) is 1.70. The lowest BCUT2D eigenvalue weighted by molar-refractivity contribution is 0.414. The number of hydrogen-bond acceptors (Lipinski definition) is 2. The number of aromatic nitrogens is 1. The monoisotopic (exact) mass is 392 g/mol. The van der Waals surface area contributed by atoms with Crippen molar-refractivity contribution in [3.63, 3.8) is 0 Å². The van der Waals surface area contributed by atoms with E-state index in [9.17, 15) is 0 Å². The van der Waals surface area contributed by atoms with Crippen LogP contribution in [0.3, 0.4) is 0 Å². The maximum atomic E-state index is 5.31. The molecule has 0 atom stereocenters. The molecule has 0 unspecified atom stereocenters. The van der Waals surface area contributed by atoms with Gasteiger partial charge in [-0.25, -0.2) is 0 Å². The van der Waals surface area contributed by atoms with E-state index < -0.39 is 0 Å². The Kier molecular flexibility index (Phi) is 6.75. The summed E-state index contributed by atoms with van der Waals surface area (Å²) in [5.74, 6) is 0.897. The summed E-state index contributed by atoms with van der Waals surface area (Å²) in [6, 6.07) is 27.4. The molecular formula is C24H25ClN2O. The molecule has 0 aliphatic heterocycles. The quantitative estimate of drug-likeness (QED) is 0.455. The van der Waals surface area contributed by atoms with Crippen LogP contribution < -0.4 is 10.1 Å². The second-order valence-electron chi connectivity index (χ2n) is 6.74. The first-order valence-electron chi connectivity index (χ1n) is 9.28. The van der Waals surface area contributed by atoms with Gasteiger partial charge in [-0.15, -0.1) is 12.4 Å². The molecule has 4 heteroatoms. The Hall–Kier alpha value is -2.75. The minimum atomic E-state index is 0. The van der Waals surface area contributed by atoms with Gasteiger partial charge in [0, 0.05) is 36.7 Å². The van der Waals surface area contributed by atoms with Gasteiger partial charge in [-0.2, -0.15) is 0 Å². The Balaban J connectivity index is 0.00000225. The third-order valence-corrected chi connectivity index (χ3v) is 4.85. The summed E-state index contributed by atoms with van der Waals surface area (Å²) in [6.45, 7) is 2.53. The lowest BCUT2D eigenvalue weighted by Crippen LogP contribution is -2.12. The highest BCUT2D eigenvalue weighted by Gasteiger charge is 2.08. The van der Waals surface area contributed by atoms with Crippen molar-refractivity contribution < 1.29 is 4.74 Å². The van der Waals surface area contributed by atoms with Crippen molar-refractivity contribution in [2.45, 2.75) is 19.6 Å². The van der Waals surface area contributed by atoms with E-state index in [2.05, 4.69) is 82.8 Å². The van der Waals surface area contributed by atoms with Crippen molar-refractivity contribution in [1.82, 2.24) is 9.88 Å². The average molecular weight is 393 g/mol. The number of ether oxygens (including phenoxy) is 1. The topological polar surface area (TPSA) is 26.2 Å². The molecule has 4 aromatic rings. The van der Waals surface area contributed by atoms with Gasteiger partial charge in [-0.3, -0.25) is 0 Å². The van der Waals surface area contributed by atoms with Crippen LogP contribution in [0.2, 0.25) is 0 Å². The number of hydrogen-bond donors (Lipinski definition) is 1. The Morgan fingerprint density at radius 1 is 0.821 bits per heavy atom. The highest BCUT2D eigenvalue weighted by atomic mass is 35.5. The number of fused-ring (bicyclic) bond motifs is 1. The van der Waals surface area contributed by atoms with Crippen LogP contribution in [0, 0.1) is 0 Å². The van der Waals surface area contributed by atoms with Crippen LogP contribution in [-0.4, -0.2) is 11.7 Å². The minimum absolute atomic E-state index is 0. The molecule has 0 aliphatic carbocycles. The Morgan fingerprint density at radius 2 is 1.57 bits per heavy atom. The normalized spacial score (nSPS) is 10.6. The van der Waals surface area contributed by atoms with Gasteiger partial charge < -0.3 is 14.6 Å². The SMILES string of the molecule is COc1cccc(CNCc2cn(Cc3ccccc3)c3ccccc23)c1.Cl. The second-order valence-corrected chi connectivity index (χ2v) is 6.74. The van der Waals surface area contributed by atoms with Crippen molar-refractivity contribution in [1.29, 1.82) is 0 Å². The van der Waals surface area contributed by atoms with Gasteiger partial charge in [0.25, 0.3) is 0 Å². The smallest absolute Gasteiger partial charge is 0.119 e. The molecule has 0 radical (unpaired) electrons. The molecule has 0 spiro atoms. The van der Waals surface area contributed by atoms with Crippen molar-refractivity contribution in [2.24, 2.45) is 0 Å². The molecule has 144 valence electrons. The molecule has 0 saturated carbocycles. The summed E-state index contributed by atoms with van der Waals surface area (Å²) >= 11 is 0. The van der Waals surface area contributed by atoms with Crippen LogP contribution in [0.5, 0.6) is 5.75 Å². The number of nitrogens with zero attached hydrogens (tertiary/aromatic N) is 1. The first kappa shape index (κ1) is 20.0. The van der Waals surface area contributed by atoms with Crippen molar-refractivity contribution >= 4 is 23.3 Å². The molecule has 3 aromatic carbocycles. The summed E-state index contributed by atoms with van der Waals surface area (Å²) in [4.78, 5) is 0. The number of benzene rings is 3. The van der Waals surface area contributed by atoms with Crippen molar-refractivity contribution in [2.75, 3.05) is 7.11 Å². The maximum Gasteiger partial charge on any atom is 0.119 e. The molecule has 0 aliphatic rings. The number of rotatable bonds is 7. The van der Waals surface area contributed by atoms with Gasteiger partial charge >= 0.3 is 0 Å². The van der Waals surface area contributed by atoms with Crippen LogP contribution in [0.1, 0.15) is 16.7 Å². The number of halogens is 1. The van der Waals surface area contributed by atoms with E-state index in [4.69, 9.17) is 4.74 Å². The molecule has 1 N–H and O–H groups in total. The van der Waals surface area contributed by atoms with E-state index in [0.717, 1.165) is 25.4 Å². The van der Waals surface area contributed by atoms with Crippen molar-refractivity contribution in [3.05, 3.63) is 102 Å². The molecule has 28 heavy (non-hydrogen) atoms. The first-order valence-corrected chi connectivity index (χ1v) is 9.28. The Bertz CT molecular complexity index is 1030. The van der Waals surface area contributed by atoms with E-state index in [1.54, 1.807) is 7.11 Å². The molecule has 1 aromatic heterocycles. The fourth-order valence-electron chi connectivity index (χ4n) is 3.50. The summed E-state index contributed by atoms with van der Waals surface area (Å²) < 4.78 is 7.65. The maximum absolute atomic E-state index is 5.31. The fourth-order valence-corrected chi connectivity index (χ4v) is 3.50. The second kappa shape index (κ2) is 9.45. The molecule has 3 nitrogen and oxygen atoms in total. The third-order valence-electron chi connectivity index (χ3n) is 4.85. The molecular weight excluding hydrogens is 368 g/mol. The lowest BCUT2D eigenvalue weighted by atomic mass is 10.1. The Morgan fingerprint density at radius 3 is 2.39 bits per heavy atom. The van der Waals surface area contributed by atoms with E-state index in [-0.39, 0.29) is 12.4 Å². The van der Waals surface area contributed by atoms with Crippen LogP contribution in [-0.2, 0) is 19.6 Å². The predicted molar refractivity (Wildman–Crippen MR) is 118 cm³/mol. The Labute approximate surface area is 172 Å². The van der Waals surface area contributed by atoms with E-state index in [1.165, 1.54) is 27.6 Å². The zero-order valence-electron chi connectivity index (χ0n) is 16.0. The zero-order chi connectivity index (χ0) is 18.5. The van der Waals surface area contributed by atoms with E-state index in [1.807, 2.05) is 12.1 Å². The molecule has 1 heterocycles. The number of nitrogens with one attached hydrogen (secondary N) is 1. The van der Waals surface area contributed by atoms with Gasteiger partial charge in [0.05, 0.1) is 7.11 Å². The molecule has 0 bridgehead atoms. The summed E-state index contributed by atoms with van der Waals surface area (Å²) in [5.41, 5.74) is 5.14. The molecule has 0 fully saturated rings.